The van der Waals surface area contributed by atoms with Crippen molar-refractivity contribution in [3.05, 3.63) is 36.2 Å². The lowest BCUT2D eigenvalue weighted by Gasteiger charge is -2.22. The van der Waals surface area contributed by atoms with Crippen LogP contribution in [0.25, 0.3) is 0 Å². The van der Waals surface area contributed by atoms with Crippen LogP contribution in [-0.2, 0) is 9.57 Å². The minimum Gasteiger partial charge on any atom is -0.493 e. The minimum atomic E-state index is -0.168. The molecule has 1 rings (SSSR count). The summed E-state index contributed by atoms with van der Waals surface area (Å²) in [7, 11) is 1.71. The largest absolute Gasteiger partial charge is 0.493 e. The van der Waals surface area contributed by atoms with Gasteiger partial charge >= 0.3 is 0 Å². The van der Waals surface area contributed by atoms with E-state index in [-0.39, 0.29) is 5.60 Å². The van der Waals surface area contributed by atoms with Crippen molar-refractivity contribution in [3.8, 4) is 11.5 Å². The lowest BCUT2D eigenvalue weighted by molar-refractivity contribution is 0.00545. The van der Waals surface area contributed by atoms with Crippen LogP contribution in [0.5, 0.6) is 11.5 Å². The number of nitrogens with one attached hydrogen (secondary N) is 1. The van der Waals surface area contributed by atoms with Crippen LogP contribution < -0.4 is 15.0 Å². The second-order valence-corrected chi connectivity index (χ2v) is 5.49. The van der Waals surface area contributed by atoms with E-state index in [1.165, 1.54) is 0 Å². The van der Waals surface area contributed by atoms with Crippen molar-refractivity contribution in [2.45, 2.75) is 39.7 Å². The van der Waals surface area contributed by atoms with Gasteiger partial charge in [-0.15, -0.1) is 0 Å². The van der Waals surface area contributed by atoms with Gasteiger partial charge in [-0.2, -0.15) is 0 Å². The van der Waals surface area contributed by atoms with Gasteiger partial charge in [-0.1, -0.05) is 0 Å². The van der Waals surface area contributed by atoms with E-state index in [4.69, 9.17) is 19.0 Å². The molecule has 0 aromatic heterocycles. The molecular formula is C17H27NO4. The van der Waals surface area contributed by atoms with E-state index in [2.05, 4.69) is 5.48 Å². The first-order valence-corrected chi connectivity index (χ1v) is 7.46. The summed E-state index contributed by atoms with van der Waals surface area (Å²) in [6, 6.07) is 7.49. The van der Waals surface area contributed by atoms with E-state index in [9.17, 15) is 0 Å². The molecule has 1 aromatic rings. The van der Waals surface area contributed by atoms with Crippen molar-refractivity contribution in [2.75, 3.05) is 20.3 Å². The van der Waals surface area contributed by atoms with Crippen LogP contribution in [0, 0.1) is 0 Å². The third-order valence-corrected chi connectivity index (χ3v) is 3.10. The number of hydroxylamine groups is 1. The van der Waals surface area contributed by atoms with Crippen molar-refractivity contribution in [1.29, 1.82) is 0 Å². The van der Waals surface area contributed by atoms with Gasteiger partial charge in [-0.3, -0.25) is 10.3 Å². The molecule has 124 valence electrons. The predicted molar refractivity (Wildman–Crippen MR) is 86.8 cm³/mol. The van der Waals surface area contributed by atoms with Crippen molar-refractivity contribution >= 4 is 0 Å². The standard InChI is InChI=1S/C17H27NO4/c1-6-22-18-14(2)13-21-16-9-7-15(8-10-16)20-12-11-17(3,4)19-5/h7-10,13,18H,6,11-12H2,1-5H3. The monoisotopic (exact) mass is 309 g/mol. The van der Waals surface area contributed by atoms with E-state index >= 15 is 0 Å². The molecule has 5 heteroatoms. The molecule has 5 nitrogen and oxygen atoms in total. The Morgan fingerprint density at radius 3 is 2.41 bits per heavy atom. The van der Waals surface area contributed by atoms with Crippen molar-refractivity contribution < 1.29 is 19.0 Å². The van der Waals surface area contributed by atoms with Gasteiger partial charge in [-0.05, 0) is 52.0 Å². The maximum absolute atomic E-state index is 5.69. The fourth-order valence-corrected chi connectivity index (χ4v) is 1.50. The molecule has 0 amide bonds. The number of methoxy groups -OCH3 is 1. The Morgan fingerprint density at radius 1 is 1.18 bits per heavy atom. The Hall–Kier alpha value is -1.72. The molecule has 0 aliphatic heterocycles. The molecule has 1 N–H and O–H groups in total. The van der Waals surface area contributed by atoms with Gasteiger partial charge in [-0.25, -0.2) is 0 Å². The van der Waals surface area contributed by atoms with E-state index in [0.717, 1.165) is 23.6 Å². The van der Waals surface area contributed by atoms with Crippen LogP contribution in [0.3, 0.4) is 0 Å². The van der Waals surface area contributed by atoms with E-state index in [1.807, 2.05) is 52.0 Å². The second-order valence-electron chi connectivity index (χ2n) is 5.49. The van der Waals surface area contributed by atoms with Gasteiger partial charge in [0.05, 0.1) is 24.5 Å². The van der Waals surface area contributed by atoms with Gasteiger partial charge in [0.15, 0.2) is 0 Å². The number of ether oxygens (including phenoxy) is 3. The third kappa shape index (κ3) is 7.33. The highest BCUT2D eigenvalue weighted by Crippen LogP contribution is 2.19. The number of hydrogen-bond acceptors (Lipinski definition) is 5. The van der Waals surface area contributed by atoms with Crippen LogP contribution in [-0.4, -0.2) is 25.9 Å². The zero-order valence-electron chi connectivity index (χ0n) is 14.1. The topological polar surface area (TPSA) is 49.0 Å². The fourth-order valence-electron chi connectivity index (χ4n) is 1.50. The summed E-state index contributed by atoms with van der Waals surface area (Å²) in [5, 5.41) is 0. The smallest absolute Gasteiger partial charge is 0.126 e. The quantitative estimate of drug-likeness (QED) is 0.528. The van der Waals surface area contributed by atoms with E-state index < -0.39 is 0 Å². The van der Waals surface area contributed by atoms with Gasteiger partial charge in [0.1, 0.15) is 17.8 Å². The molecule has 0 atom stereocenters. The highest BCUT2D eigenvalue weighted by atomic mass is 16.6. The van der Waals surface area contributed by atoms with E-state index in [1.54, 1.807) is 13.4 Å². The Balaban J connectivity index is 2.40. The summed E-state index contributed by atoms with van der Waals surface area (Å²) in [4.78, 5) is 5.06. The first-order chi connectivity index (χ1) is 10.5. The molecule has 0 fully saturated rings. The highest BCUT2D eigenvalue weighted by molar-refractivity contribution is 5.31. The molecule has 0 bridgehead atoms. The summed E-state index contributed by atoms with van der Waals surface area (Å²) in [5.74, 6) is 1.55. The molecule has 0 unspecified atom stereocenters. The number of rotatable bonds is 10. The first-order valence-electron chi connectivity index (χ1n) is 7.46. The molecular weight excluding hydrogens is 282 g/mol. The third-order valence-electron chi connectivity index (χ3n) is 3.10. The average Bonchev–Trinajstić information content (AvgIpc) is 2.52. The van der Waals surface area contributed by atoms with Crippen LogP contribution in [0.4, 0.5) is 0 Å². The molecule has 0 aliphatic rings. The Kier molecular flexibility index (Phi) is 7.77. The van der Waals surface area contributed by atoms with Gasteiger partial charge in [0, 0.05) is 13.5 Å². The molecule has 0 spiro atoms. The first kappa shape index (κ1) is 18.3. The number of allylic oxidation sites excluding steroid dienone is 1. The van der Waals surface area contributed by atoms with E-state index in [0.29, 0.717) is 13.2 Å². The maximum atomic E-state index is 5.69. The Bertz CT molecular complexity index is 454. The predicted octanol–water partition coefficient (Wildman–Crippen LogP) is 3.66. The summed E-state index contributed by atoms with van der Waals surface area (Å²) in [6.07, 6.45) is 2.43. The van der Waals surface area contributed by atoms with Gasteiger partial charge in [0.2, 0.25) is 0 Å². The number of hydrogen-bond donors (Lipinski definition) is 1. The lowest BCUT2D eigenvalue weighted by Crippen LogP contribution is -2.25. The molecule has 22 heavy (non-hydrogen) atoms. The second kappa shape index (κ2) is 9.33. The zero-order chi connectivity index (χ0) is 16.4. The Morgan fingerprint density at radius 2 is 1.82 bits per heavy atom. The van der Waals surface area contributed by atoms with Gasteiger partial charge < -0.3 is 14.2 Å². The van der Waals surface area contributed by atoms with Crippen molar-refractivity contribution in [1.82, 2.24) is 5.48 Å². The summed E-state index contributed by atoms with van der Waals surface area (Å²) >= 11 is 0. The summed E-state index contributed by atoms with van der Waals surface area (Å²) in [6.45, 7) is 9.06. The normalized spacial score (nSPS) is 12.1. The SMILES string of the molecule is CCONC(C)=COc1ccc(OCCC(C)(C)OC)cc1. The highest BCUT2D eigenvalue weighted by Gasteiger charge is 2.15. The Labute approximate surface area is 133 Å². The molecule has 0 aliphatic carbocycles. The van der Waals surface area contributed by atoms with Gasteiger partial charge in [0.25, 0.3) is 0 Å². The maximum Gasteiger partial charge on any atom is 0.126 e. The zero-order valence-corrected chi connectivity index (χ0v) is 14.1. The summed E-state index contributed by atoms with van der Waals surface area (Å²) < 4.78 is 16.6. The minimum absolute atomic E-state index is 0.168. The molecule has 0 saturated heterocycles. The van der Waals surface area contributed by atoms with Crippen LogP contribution in [0.1, 0.15) is 34.1 Å². The lowest BCUT2D eigenvalue weighted by atomic mass is 10.1. The fraction of sp³-hybridized carbons (Fsp3) is 0.529. The molecule has 1 aromatic carbocycles. The average molecular weight is 309 g/mol. The molecule has 0 radical (unpaired) electrons. The summed E-state index contributed by atoms with van der Waals surface area (Å²) in [5.41, 5.74) is 3.39. The molecule has 0 saturated carbocycles. The van der Waals surface area contributed by atoms with Crippen LogP contribution >= 0.6 is 0 Å². The van der Waals surface area contributed by atoms with Crippen molar-refractivity contribution in [3.63, 3.8) is 0 Å². The van der Waals surface area contributed by atoms with Crippen molar-refractivity contribution in [2.24, 2.45) is 0 Å². The van der Waals surface area contributed by atoms with Crippen LogP contribution in [0.15, 0.2) is 36.2 Å². The molecule has 0 heterocycles. The number of benzene rings is 1. The van der Waals surface area contributed by atoms with Crippen LogP contribution in [0.2, 0.25) is 0 Å².